The average Bonchev–Trinajstić information content (AvgIpc) is 2.55. The van der Waals surface area contributed by atoms with Gasteiger partial charge in [-0.25, -0.2) is 0 Å². The van der Waals surface area contributed by atoms with Crippen molar-refractivity contribution in [2.24, 2.45) is 5.16 Å². The minimum absolute atomic E-state index is 0.0903. The van der Waals surface area contributed by atoms with Crippen LogP contribution in [0.15, 0.2) is 5.16 Å². The molecule has 0 aliphatic carbocycles. The van der Waals surface area contributed by atoms with Crippen molar-refractivity contribution in [1.82, 2.24) is 0 Å². The molecular weight excluding hydrogens is 294 g/mol. The van der Waals surface area contributed by atoms with E-state index in [2.05, 4.69) is 5.16 Å². The van der Waals surface area contributed by atoms with Gasteiger partial charge < -0.3 is 14.3 Å². The van der Waals surface area contributed by atoms with Crippen LogP contribution in [0.5, 0.6) is 5.75 Å². The predicted molar refractivity (Wildman–Crippen MR) is 91.3 cm³/mol. The van der Waals surface area contributed by atoms with Crippen molar-refractivity contribution in [3.63, 3.8) is 0 Å². The van der Waals surface area contributed by atoms with E-state index in [1.807, 2.05) is 34.6 Å². The van der Waals surface area contributed by atoms with E-state index in [1.165, 1.54) is 7.11 Å². The Hall–Kier alpha value is -1.88. The molecule has 0 saturated heterocycles. The standard InChI is InChI=1S/C18H27NO4/c1-9-15(20)17(19-22-8)16-12(4)10(2)11(3)13(5)18(16)23-14(6)21-7/h14H,9H2,1-8H3/b19-17+. The van der Waals surface area contributed by atoms with Gasteiger partial charge in [0.25, 0.3) is 0 Å². The Morgan fingerprint density at radius 3 is 2.09 bits per heavy atom. The smallest absolute Gasteiger partial charge is 0.196 e. The second kappa shape index (κ2) is 8.11. The maximum atomic E-state index is 12.4. The third-order valence-corrected chi connectivity index (χ3v) is 4.25. The first-order valence-electron chi connectivity index (χ1n) is 7.74. The first-order valence-corrected chi connectivity index (χ1v) is 7.74. The van der Waals surface area contributed by atoms with Crippen LogP contribution in [0.1, 0.15) is 48.1 Å². The number of carbonyl (C=O) groups excluding carboxylic acids is 1. The number of Topliss-reactive ketones (excluding diaryl/α,β-unsaturated/α-hetero) is 1. The lowest BCUT2D eigenvalue weighted by Crippen LogP contribution is -2.22. The van der Waals surface area contributed by atoms with Gasteiger partial charge in [0.2, 0.25) is 0 Å². The van der Waals surface area contributed by atoms with Crippen molar-refractivity contribution in [3.8, 4) is 5.75 Å². The van der Waals surface area contributed by atoms with Crippen LogP contribution in [0.25, 0.3) is 0 Å². The zero-order valence-electron chi connectivity index (χ0n) is 15.4. The Morgan fingerprint density at radius 2 is 1.61 bits per heavy atom. The van der Waals surface area contributed by atoms with E-state index >= 15 is 0 Å². The summed E-state index contributed by atoms with van der Waals surface area (Å²) in [7, 11) is 3.01. The first-order chi connectivity index (χ1) is 10.8. The number of hydrogen-bond acceptors (Lipinski definition) is 5. The number of rotatable bonds is 7. The van der Waals surface area contributed by atoms with Gasteiger partial charge in [0, 0.05) is 13.5 Å². The van der Waals surface area contributed by atoms with Crippen molar-refractivity contribution >= 4 is 11.5 Å². The summed E-state index contributed by atoms with van der Waals surface area (Å²) in [6, 6.07) is 0. The van der Waals surface area contributed by atoms with Crippen molar-refractivity contribution in [2.75, 3.05) is 14.2 Å². The largest absolute Gasteiger partial charge is 0.464 e. The molecule has 0 amide bonds. The maximum Gasteiger partial charge on any atom is 0.196 e. The van der Waals surface area contributed by atoms with E-state index in [0.29, 0.717) is 17.7 Å². The number of nitrogens with zero attached hydrogens (tertiary/aromatic N) is 1. The second-order valence-corrected chi connectivity index (χ2v) is 5.52. The summed E-state index contributed by atoms with van der Waals surface area (Å²) >= 11 is 0. The van der Waals surface area contributed by atoms with Gasteiger partial charge in [-0.3, -0.25) is 4.79 Å². The van der Waals surface area contributed by atoms with Gasteiger partial charge in [0.1, 0.15) is 12.9 Å². The lowest BCUT2D eigenvalue weighted by Gasteiger charge is -2.23. The molecule has 1 unspecified atom stereocenters. The normalized spacial score (nSPS) is 13.0. The minimum atomic E-state index is -0.436. The topological polar surface area (TPSA) is 57.1 Å². The lowest BCUT2D eigenvalue weighted by molar-refractivity contribution is -0.112. The van der Waals surface area contributed by atoms with Crippen LogP contribution < -0.4 is 4.74 Å². The highest BCUT2D eigenvalue weighted by atomic mass is 16.7. The van der Waals surface area contributed by atoms with Crippen molar-refractivity contribution in [3.05, 3.63) is 27.8 Å². The monoisotopic (exact) mass is 321 g/mol. The second-order valence-electron chi connectivity index (χ2n) is 5.52. The van der Waals surface area contributed by atoms with E-state index in [-0.39, 0.29) is 11.5 Å². The van der Waals surface area contributed by atoms with Crippen molar-refractivity contribution < 1.29 is 19.1 Å². The summed E-state index contributed by atoms with van der Waals surface area (Å²) in [5.74, 6) is 0.532. The molecule has 0 aliphatic heterocycles. The molecule has 1 rings (SSSR count). The Morgan fingerprint density at radius 1 is 1.04 bits per heavy atom. The molecule has 5 nitrogen and oxygen atoms in total. The number of carbonyl (C=O) groups is 1. The highest BCUT2D eigenvalue weighted by molar-refractivity contribution is 6.47. The first kappa shape index (κ1) is 19.2. The van der Waals surface area contributed by atoms with E-state index in [1.54, 1.807) is 14.0 Å². The highest BCUT2D eigenvalue weighted by Gasteiger charge is 2.25. The average molecular weight is 321 g/mol. The summed E-state index contributed by atoms with van der Waals surface area (Å²) in [6.07, 6.45) is -0.0955. The SMILES string of the molecule is CCC(=O)/C(=N\OC)c1c(C)c(C)c(C)c(C)c1OC(C)OC. The Kier molecular flexibility index (Phi) is 6.76. The van der Waals surface area contributed by atoms with Gasteiger partial charge in [0.05, 0.1) is 5.56 Å². The number of hydrogen-bond donors (Lipinski definition) is 0. The highest BCUT2D eigenvalue weighted by Crippen LogP contribution is 2.34. The Balaban J connectivity index is 3.73. The van der Waals surface area contributed by atoms with E-state index in [4.69, 9.17) is 14.3 Å². The lowest BCUT2D eigenvalue weighted by atomic mass is 9.89. The summed E-state index contributed by atoms with van der Waals surface area (Å²) in [6.45, 7) is 11.6. The molecule has 0 N–H and O–H groups in total. The molecule has 1 atom stereocenters. The zero-order valence-corrected chi connectivity index (χ0v) is 15.4. The van der Waals surface area contributed by atoms with E-state index in [0.717, 1.165) is 22.3 Å². The third-order valence-electron chi connectivity index (χ3n) is 4.25. The molecule has 1 aromatic rings. The summed E-state index contributed by atoms with van der Waals surface area (Å²) < 4.78 is 11.2. The van der Waals surface area contributed by atoms with Crippen LogP contribution in [-0.2, 0) is 14.4 Å². The van der Waals surface area contributed by atoms with Gasteiger partial charge in [-0.2, -0.15) is 0 Å². The quantitative estimate of drug-likeness (QED) is 0.437. The fourth-order valence-electron chi connectivity index (χ4n) is 2.42. The van der Waals surface area contributed by atoms with E-state index < -0.39 is 6.29 Å². The molecule has 23 heavy (non-hydrogen) atoms. The third kappa shape index (κ3) is 3.91. The molecule has 0 radical (unpaired) electrons. The van der Waals surface area contributed by atoms with Crippen molar-refractivity contribution in [2.45, 2.75) is 54.3 Å². The van der Waals surface area contributed by atoms with Crippen LogP contribution in [0.4, 0.5) is 0 Å². The molecule has 5 heteroatoms. The van der Waals surface area contributed by atoms with Crippen LogP contribution in [0.3, 0.4) is 0 Å². The minimum Gasteiger partial charge on any atom is -0.464 e. The number of ketones is 1. The molecule has 0 heterocycles. The van der Waals surface area contributed by atoms with Gasteiger partial charge in [-0.05, 0) is 56.9 Å². The number of benzene rings is 1. The summed E-state index contributed by atoms with van der Waals surface area (Å²) in [4.78, 5) is 17.3. The van der Waals surface area contributed by atoms with Crippen molar-refractivity contribution in [1.29, 1.82) is 0 Å². The van der Waals surface area contributed by atoms with Crippen LogP contribution >= 0.6 is 0 Å². The van der Waals surface area contributed by atoms with Gasteiger partial charge in [-0.1, -0.05) is 12.1 Å². The fourth-order valence-corrected chi connectivity index (χ4v) is 2.42. The Labute approximate surface area is 138 Å². The maximum absolute atomic E-state index is 12.4. The predicted octanol–water partition coefficient (Wildman–Crippen LogP) is 3.62. The van der Waals surface area contributed by atoms with Gasteiger partial charge >= 0.3 is 0 Å². The van der Waals surface area contributed by atoms with Crippen LogP contribution in [-0.4, -0.2) is 32.0 Å². The summed E-state index contributed by atoms with van der Waals surface area (Å²) in [5, 5.41) is 3.98. The van der Waals surface area contributed by atoms with Crippen LogP contribution in [0.2, 0.25) is 0 Å². The van der Waals surface area contributed by atoms with Crippen LogP contribution in [0, 0.1) is 27.7 Å². The molecule has 0 fully saturated rings. The zero-order chi connectivity index (χ0) is 17.7. The number of methoxy groups -OCH3 is 1. The molecule has 128 valence electrons. The molecule has 0 bridgehead atoms. The van der Waals surface area contributed by atoms with Gasteiger partial charge in [-0.15, -0.1) is 0 Å². The molecule has 0 saturated carbocycles. The molecule has 0 aliphatic rings. The van der Waals surface area contributed by atoms with Gasteiger partial charge in [0.15, 0.2) is 17.8 Å². The molecular formula is C18H27NO4. The Bertz CT molecular complexity index is 620. The molecule has 0 aromatic heterocycles. The summed E-state index contributed by atoms with van der Waals surface area (Å²) in [5.41, 5.74) is 5.15. The number of ether oxygens (including phenoxy) is 2. The molecule has 0 spiro atoms. The molecule has 1 aromatic carbocycles. The fraction of sp³-hybridized carbons (Fsp3) is 0.556. The van der Waals surface area contributed by atoms with E-state index in [9.17, 15) is 4.79 Å². The number of oxime groups is 1.